The predicted molar refractivity (Wildman–Crippen MR) is 55.2 cm³/mol. The summed E-state index contributed by atoms with van der Waals surface area (Å²) in [5.74, 6) is -0.850. The number of carboxylic acids is 1. The number of thiophene rings is 1. The summed E-state index contributed by atoms with van der Waals surface area (Å²) in [5.41, 5.74) is 0.293. The molecule has 0 radical (unpaired) electrons. The van der Waals surface area contributed by atoms with E-state index in [1.807, 2.05) is 0 Å². The van der Waals surface area contributed by atoms with Gasteiger partial charge in [0.15, 0.2) is 0 Å². The average molecular weight is 208 g/mol. The lowest BCUT2D eigenvalue weighted by atomic mass is 10.1. The minimum absolute atomic E-state index is 0.0952. The van der Waals surface area contributed by atoms with Gasteiger partial charge in [0, 0.05) is 15.0 Å². The maximum atomic E-state index is 10.9. The van der Waals surface area contributed by atoms with E-state index in [0.29, 0.717) is 10.9 Å². The summed E-state index contributed by atoms with van der Waals surface area (Å²) < 4.78 is 0.887. The van der Waals surface area contributed by atoms with E-state index >= 15 is 0 Å². The van der Waals surface area contributed by atoms with Crippen LogP contribution in [0.25, 0.3) is 10.1 Å². The molecule has 3 nitrogen and oxygen atoms in total. The van der Waals surface area contributed by atoms with Gasteiger partial charge in [0.1, 0.15) is 5.75 Å². The van der Waals surface area contributed by atoms with Gasteiger partial charge in [-0.25, -0.2) is 4.79 Å². The molecule has 0 saturated heterocycles. The summed E-state index contributed by atoms with van der Waals surface area (Å²) in [6.07, 6.45) is 0. The van der Waals surface area contributed by atoms with E-state index in [2.05, 4.69) is 0 Å². The second kappa shape index (κ2) is 2.99. The molecule has 4 heteroatoms. The molecule has 0 unspecified atom stereocenters. The average Bonchev–Trinajstić information content (AvgIpc) is 2.40. The number of aryl methyl sites for hydroxylation is 1. The van der Waals surface area contributed by atoms with Gasteiger partial charge in [0.25, 0.3) is 0 Å². The largest absolute Gasteiger partial charge is 0.508 e. The van der Waals surface area contributed by atoms with Crippen molar-refractivity contribution >= 4 is 27.4 Å². The lowest BCUT2D eigenvalue weighted by Crippen LogP contribution is -1.96. The Hall–Kier alpha value is -1.55. The van der Waals surface area contributed by atoms with Gasteiger partial charge in [0.2, 0.25) is 0 Å². The lowest BCUT2D eigenvalue weighted by molar-refractivity contribution is 0.0699. The van der Waals surface area contributed by atoms with Crippen LogP contribution in [0.3, 0.4) is 0 Å². The van der Waals surface area contributed by atoms with Crippen LogP contribution in [-0.4, -0.2) is 16.2 Å². The third-order valence-electron chi connectivity index (χ3n) is 2.06. The van der Waals surface area contributed by atoms with Crippen molar-refractivity contribution in [3.8, 4) is 5.75 Å². The molecule has 0 atom stereocenters. The van der Waals surface area contributed by atoms with E-state index in [0.717, 1.165) is 9.58 Å². The number of rotatable bonds is 1. The molecule has 1 aromatic heterocycles. The molecule has 2 rings (SSSR count). The first-order valence-electron chi connectivity index (χ1n) is 4.05. The summed E-state index contributed by atoms with van der Waals surface area (Å²) in [4.78, 5) is 11.7. The van der Waals surface area contributed by atoms with Gasteiger partial charge in [-0.05, 0) is 25.1 Å². The molecule has 2 N–H and O–H groups in total. The summed E-state index contributed by atoms with van der Waals surface area (Å²) in [6, 6.07) is 4.78. The molecule has 1 heterocycles. The van der Waals surface area contributed by atoms with E-state index in [9.17, 15) is 9.90 Å². The number of benzene rings is 1. The minimum atomic E-state index is -0.945. The highest BCUT2D eigenvalue weighted by Crippen LogP contribution is 2.32. The van der Waals surface area contributed by atoms with Crippen LogP contribution in [0.4, 0.5) is 0 Å². The Bertz CT molecular complexity index is 513. The molecular formula is C10H8O3S. The molecule has 0 aliphatic carbocycles. The van der Waals surface area contributed by atoms with Crippen molar-refractivity contribution in [2.75, 3.05) is 0 Å². The Morgan fingerprint density at radius 3 is 2.79 bits per heavy atom. The lowest BCUT2D eigenvalue weighted by Gasteiger charge is -1.94. The van der Waals surface area contributed by atoms with Crippen LogP contribution in [-0.2, 0) is 0 Å². The standard InChI is InChI=1S/C10H8O3S/c1-5-9(10(12)13)7-4-6(11)2-3-8(7)14-5/h2-4,11H,1H3,(H,12,13). The van der Waals surface area contributed by atoms with Crippen LogP contribution in [0.1, 0.15) is 15.2 Å². The highest BCUT2D eigenvalue weighted by Gasteiger charge is 2.15. The first-order chi connectivity index (χ1) is 6.59. The zero-order chi connectivity index (χ0) is 10.3. The first-order valence-corrected chi connectivity index (χ1v) is 4.86. The van der Waals surface area contributed by atoms with E-state index in [-0.39, 0.29) is 5.75 Å². The molecule has 0 aliphatic heterocycles. The zero-order valence-electron chi connectivity index (χ0n) is 7.44. The van der Waals surface area contributed by atoms with Crippen molar-refractivity contribution in [1.29, 1.82) is 0 Å². The van der Waals surface area contributed by atoms with Gasteiger partial charge >= 0.3 is 5.97 Å². The molecule has 1 aromatic carbocycles. The maximum Gasteiger partial charge on any atom is 0.337 e. The van der Waals surface area contributed by atoms with E-state index in [1.54, 1.807) is 19.1 Å². The number of phenols is 1. The number of carboxylic acid groups (broad SMARTS) is 1. The molecule has 0 bridgehead atoms. The van der Waals surface area contributed by atoms with E-state index in [1.165, 1.54) is 17.4 Å². The van der Waals surface area contributed by atoms with Crippen LogP contribution < -0.4 is 0 Å². The fraction of sp³-hybridized carbons (Fsp3) is 0.100. The molecule has 0 amide bonds. The van der Waals surface area contributed by atoms with Crippen molar-refractivity contribution in [2.45, 2.75) is 6.92 Å². The Balaban J connectivity index is 2.86. The quantitative estimate of drug-likeness (QED) is 0.757. The Morgan fingerprint density at radius 2 is 2.14 bits per heavy atom. The Labute approximate surface area is 84.2 Å². The number of hydrogen-bond donors (Lipinski definition) is 2. The van der Waals surface area contributed by atoms with Gasteiger partial charge in [-0.15, -0.1) is 11.3 Å². The summed E-state index contributed by atoms with van der Waals surface area (Å²) in [5, 5.41) is 18.8. The SMILES string of the molecule is Cc1sc2ccc(O)cc2c1C(=O)O. The highest BCUT2D eigenvalue weighted by molar-refractivity contribution is 7.19. The predicted octanol–water partition coefficient (Wildman–Crippen LogP) is 2.61. The van der Waals surface area contributed by atoms with Gasteiger partial charge < -0.3 is 10.2 Å². The van der Waals surface area contributed by atoms with Gasteiger partial charge in [-0.3, -0.25) is 0 Å². The topological polar surface area (TPSA) is 57.5 Å². The summed E-state index contributed by atoms with van der Waals surface area (Å²) >= 11 is 1.42. The number of fused-ring (bicyclic) bond motifs is 1. The molecule has 72 valence electrons. The summed E-state index contributed by atoms with van der Waals surface area (Å²) in [7, 11) is 0. The molecule has 0 spiro atoms. The monoisotopic (exact) mass is 208 g/mol. The Kier molecular flexibility index (Phi) is 1.93. The van der Waals surface area contributed by atoms with Crippen molar-refractivity contribution < 1.29 is 15.0 Å². The van der Waals surface area contributed by atoms with Crippen LogP contribution in [0.2, 0.25) is 0 Å². The van der Waals surface area contributed by atoms with E-state index in [4.69, 9.17) is 5.11 Å². The highest BCUT2D eigenvalue weighted by atomic mass is 32.1. The number of hydrogen-bond acceptors (Lipinski definition) is 3. The second-order valence-electron chi connectivity index (χ2n) is 3.02. The van der Waals surface area contributed by atoms with Crippen molar-refractivity contribution in [2.24, 2.45) is 0 Å². The van der Waals surface area contributed by atoms with Gasteiger partial charge in [0.05, 0.1) is 5.56 Å². The van der Waals surface area contributed by atoms with Crippen molar-refractivity contribution in [3.05, 3.63) is 28.6 Å². The first kappa shape index (κ1) is 9.02. The van der Waals surface area contributed by atoms with Crippen molar-refractivity contribution in [1.82, 2.24) is 0 Å². The summed E-state index contributed by atoms with van der Waals surface area (Å²) in [6.45, 7) is 1.77. The number of aromatic carboxylic acids is 1. The molecule has 2 aromatic rings. The van der Waals surface area contributed by atoms with Gasteiger partial charge in [-0.1, -0.05) is 0 Å². The zero-order valence-corrected chi connectivity index (χ0v) is 8.26. The molecule has 0 fully saturated rings. The Morgan fingerprint density at radius 1 is 1.43 bits per heavy atom. The number of aromatic hydroxyl groups is 1. The second-order valence-corrected chi connectivity index (χ2v) is 4.28. The van der Waals surface area contributed by atoms with Crippen LogP contribution in [0, 0.1) is 6.92 Å². The third kappa shape index (κ3) is 1.24. The van der Waals surface area contributed by atoms with Crippen molar-refractivity contribution in [3.63, 3.8) is 0 Å². The smallest absolute Gasteiger partial charge is 0.337 e. The normalized spacial score (nSPS) is 10.6. The number of carbonyl (C=O) groups is 1. The molecule has 0 saturated carbocycles. The third-order valence-corrected chi connectivity index (χ3v) is 3.15. The molecular weight excluding hydrogens is 200 g/mol. The fourth-order valence-electron chi connectivity index (χ4n) is 1.47. The van der Waals surface area contributed by atoms with Crippen LogP contribution >= 0.6 is 11.3 Å². The van der Waals surface area contributed by atoms with Crippen LogP contribution in [0.15, 0.2) is 18.2 Å². The molecule has 14 heavy (non-hydrogen) atoms. The maximum absolute atomic E-state index is 10.9. The fourth-order valence-corrected chi connectivity index (χ4v) is 2.51. The van der Waals surface area contributed by atoms with Gasteiger partial charge in [-0.2, -0.15) is 0 Å². The molecule has 0 aliphatic rings. The number of phenolic OH excluding ortho intramolecular Hbond substituents is 1. The van der Waals surface area contributed by atoms with Crippen LogP contribution in [0.5, 0.6) is 5.75 Å². The minimum Gasteiger partial charge on any atom is -0.508 e. The van der Waals surface area contributed by atoms with E-state index < -0.39 is 5.97 Å².